The maximum atomic E-state index is 13.6. The van der Waals surface area contributed by atoms with Crippen LogP contribution in [0.4, 0.5) is 0 Å². The molecule has 0 saturated carbocycles. The van der Waals surface area contributed by atoms with Gasteiger partial charge in [0.15, 0.2) is 0 Å². The Morgan fingerprint density at radius 3 is 0.900 bits per heavy atom. The third-order valence-corrected chi connectivity index (χ3v) is 7.82. The van der Waals surface area contributed by atoms with E-state index < -0.39 is 16.3 Å². The largest absolute Gasteiger partial charge is 0.351 e. The first kappa shape index (κ1) is 31.6. The van der Waals surface area contributed by atoms with Gasteiger partial charge in [0.2, 0.25) is 16.3 Å². The molecule has 2 aliphatic heterocycles. The molecule has 0 fully saturated rings. The van der Waals surface area contributed by atoms with E-state index in [1.165, 1.54) is 0 Å². The number of hydrogen-bond acceptors (Lipinski definition) is 5. The van der Waals surface area contributed by atoms with Crippen molar-refractivity contribution in [3.05, 3.63) is 88.2 Å². The molecule has 2 heterocycles. The smallest absolute Gasteiger partial charge is 0.237 e. The van der Waals surface area contributed by atoms with Gasteiger partial charge < -0.3 is 9.80 Å². The standard InChI is InChI=1S/C35H50N2O3/c1-32(2,3)25-17-21(18-26(36(25)13)33(4,5)6)15-23-29(38)24(31(40)30(23)39)16-22-19-27(34(7,8)9)37(14)28(20-22)35(10,11)12/h15-22H,1-14H3/b23-15-,24-16-. The Labute approximate surface area is 240 Å². The van der Waals surface area contributed by atoms with Gasteiger partial charge in [-0.25, -0.2) is 0 Å². The van der Waals surface area contributed by atoms with E-state index in [0.29, 0.717) is 0 Å². The van der Waals surface area contributed by atoms with E-state index >= 15 is 0 Å². The van der Waals surface area contributed by atoms with E-state index in [2.05, 4.69) is 131 Å². The average molecular weight is 547 g/mol. The summed E-state index contributed by atoms with van der Waals surface area (Å²) in [5, 5.41) is -0.0411. The van der Waals surface area contributed by atoms with Crippen LogP contribution < -0.4 is 26.7 Å². The van der Waals surface area contributed by atoms with Crippen LogP contribution in [0.15, 0.2) is 61.5 Å². The van der Waals surface area contributed by atoms with Crippen molar-refractivity contribution in [1.82, 2.24) is 9.80 Å². The zero-order chi connectivity index (χ0) is 30.7. The highest BCUT2D eigenvalue weighted by Gasteiger charge is 2.33. The molecule has 5 nitrogen and oxygen atoms in total. The Kier molecular flexibility index (Phi) is 8.01. The van der Waals surface area contributed by atoms with E-state index in [9.17, 15) is 14.4 Å². The summed E-state index contributed by atoms with van der Waals surface area (Å²) in [5.41, 5.74) is 2.04. The summed E-state index contributed by atoms with van der Waals surface area (Å²) in [6, 6.07) is 0. The second kappa shape index (κ2) is 10.2. The Morgan fingerprint density at radius 2 is 0.700 bits per heavy atom. The van der Waals surface area contributed by atoms with Crippen LogP contribution in [0, 0.1) is 33.5 Å². The van der Waals surface area contributed by atoms with Crippen molar-refractivity contribution in [2.75, 3.05) is 14.1 Å². The van der Waals surface area contributed by atoms with Gasteiger partial charge in [-0.3, -0.25) is 14.4 Å². The van der Waals surface area contributed by atoms with Crippen LogP contribution in [0.3, 0.4) is 0 Å². The molecule has 0 unspecified atom stereocenters. The molecule has 218 valence electrons. The van der Waals surface area contributed by atoms with Crippen molar-refractivity contribution in [2.24, 2.45) is 33.5 Å². The van der Waals surface area contributed by atoms with Crippen molar-refractivity contribution >= 4 is 12.2 Å². The first-order valence-corrected chi connectivity index (χ1v) is 14.4. The molecule has 0 saturated heterocycles. The van der Waals surface area contributed by atoms with Crippen LogP contribution in [-0.2, 0) is 0 Å². The molecule has 0 N–H and O–H groups in total. The highest BCUT2D eigenvalue weighted by Crippen LogP contribution is 2.42. The van der Waals surface area contributed by atoms with Crippen molar-refractivity contribution in [3.63, 3.8) is 0 Å². The quantitative estimate of drug-likeness (QED) is 0.486. The zero-order valence-corrected chi connectivity index (χ0v) is 27.2. The van der Waals surface area contributed by atoms with Crippen molar-refractivity contribution in [1.29, 1.82) is 0 Å². The molecule has 0 atom stereocenters. The predicted molar refractivity (Wildman–Crippen MR) is 168 cm³/mol. The van der Waals surface area contributed by atoms with Gasteiger partial charge in [0, 0.05) is 70.4 Å². The van der Waals surface area contributed by atoms with E-state index in [-0.39, 0.29) is 43.9 Å². The van der Waals surface area contributed by atoms with Gasteiger partial charge in [-0.05, 0) is 0 Å². The summed E-state index contributed by atoms with van der Waals surface area (Å²) in [6.07, 6.45) is 11.8. The van der Waals surface area contributed by atoms with E-state index in [1.807, 2.05) is 0 Å². The predicted octanol–water partition coefficient (Wildman–Crippen LogP) is 5.05. The highest BCUT2D eigenvalue weighted by atomic mass is 16.2. The van der Waals surface area contributed by atoms with E-state index in [0.717, 1.165) is 22.8 Å². The van der Waals surface area contributed by atoms with Crippen LogP contribution >= 0.6 is 0 Å². The minimum atomic E-state index is -0.709. The van der Waals surface area contributed by atoms with Gasteiger partial charge in [-0.15, -0.1) is 0 Å². The van der Waals surface area contributed by atoms with Gasteiger partial charge in [-0.2, -0.15) is 0 Å². The molecule has 0 radical (unpaired) electrons. The molecule has 0 bridgehead atoms. The number of hydrogen-bond donors (Lipinski definition) is 0. The maximum Gasteiger partial charge on any atom is 0.237 e. The maximum absolute atomic E-state index is 13.6. The third kappa shape index (κ3) is 6.19. The summed E-state index contributed by atoms with van der Waals surface area (Å²) >= 11 is 0. The zero-order valence-electron chi connectivity index (χ0n) is 27.2. The minimum Gasteiger partial charge on any atom is -0.351 e. The number of rotatable bonds is 2. The van der Waals surface area contributed by atoms with Crippen LogP contribution in [-0.4, -0.2) is 23.9 Å². The van der Waals surface area contributed by atoms with Gasteiger partial charge in [-0.1, -0.05) is 120 Å². The molecule has 0 aliphatic carbocycles. The molecule has 0 amide bonds. The SMILES string of the molecule is CN1C(C(C)(C)C)=CC(/C=c2\c(=O)c(=O)/c(=C\C3C=C(C(C)(C)C)N(C)C(C(C)(C)C)=C3)c2=O)C=C1C(C)(C)C. The Hall–Kier alpha value is -2.95. The minimum absolute atomic E-state index is 0.0206. The molecular formula is C35H50N2O3. The first-order chi connectivity index (χ1) is 17.9. The summed E-state index contributed by atoms with van der Waals surface area (Å²) in [7, 11) is 4.13. The lowest BCUT2D eigenvalue weighted by molar-refractivity contribution is 0.286. The fraction of sp³-hybridized carbons (Fsp3) is 0.571. The normalized spacial score (nSPS) is 19.6. The van der Waals surface area contributed by atoms with Gasteiger partial charge in [0.05, 0.1) is 10.4 Å². The van der Waals surface area contributed by atoms with Crippen molar-refractivity contribution < 1.29 is 0 Å². The van der Waals surface area contributed by atoms with Crippen molar-refractivity contribution in [2.45, 2.75) is 83.1 Å². The Bertz CT molecular complexity index is 1380. The molecule has 2 aliphatic rings. The summed E-state index contributed by atoms with van der Waals surface area (Å²) in [5.74, 6) is -0.532. The summed E-state index contributed by atoms with van der Waals surface area (Å²) < 4.78 is 0. The summed E-state index contributed by atoms with van der Waals surface area (Å²) in [6.45, 7) is 25.9. The number of nitrogens with zero attached hydrogens (tertiary/aromatic N) is 2. The Balaban J connectivity index is 2.27. The van der Waals surface area contributed by atoms with Gasteiger partial charge in [0.25, 0.3) is 0 Å². The van der Waals surface area contributed by atoms with Gasteiger partial charge >= 0.3 is 0 Å². The first-order valence-electron chi connectivity index (χ1n) is 14.4. The fourth-order valence-electron chi connectivity index (χ4n) is 6.02. The monoisotopic (exact) mass is 546 g/mol. The highest BCUT2D eigenvalue weighted by molar-refractivity contribution is 5.46. The third-order valence-electron chi connectivity index (χ3n) is 7.82. The topological polar surface area (TPSA) is 57.7 Å². The Morgan fingerprint density at radius 1 is 0.475 bits per heavy atom. The van der Waals surface area contributed by atoms with Crippen LogP contribution in [0.25, 0.3) is 12.2 Å². The molecule has 1 aromatic rings. The lowest BCUT2D eigenvalue weighted by atomic mass is 9.81. The van der Waals surface area contributed by atoms with E-state index in [4.69, 9.17) is 0 Å². The molecule has 5 heteroatoms. The molecular weight excluding hydrogens is 496 g/mol. The van der Waals surface area contributed by atoms with Crippen LogP contribution in [0.5, 0.6) is 0 Å². The van der Waals surface area contributed by atoms with Crippen LogP contribution in [0.2, 0.25) is 0 Å². The van der Waals surface area contributed by atoms with Crippen LogP contribution in [0.1, 0.15) is 83.1 Å². The lowest BCUT2D eigenvalue weighted by Crippen LogP contribution is -2.39. The molecule has 0 spiro atoms. The number of allylic oxidation sites excluding steroid dienone is 8. The average Bonchev–Trinajstić information content (AvgIpc) is 2.96. The summed E-state index contributed by atoms with van der Waals surface area (Å²) in [4.78, 5) is 44.4. The molecule has 0 aromatic heterocycles. The van der Waals surface area contributed by atoms with Crippen molar-refractivity contribution in [3.8, 4) is 0 Å². The lowest BCUT2D eigenvalue weighted by Gasteiger charge is -2.42. The molecule has 1 aromatic carbocycles. The second-order valence-corrected chi connectivity index (χ2v) is 15.6. The molecule has 40 heavy (non-hydrogen) atoms. The fourth-order valence-corrected chi connectivity index (χ4v) is 6.02. The van der Waals surface area contributed by atoms with E-state index in [1.54, 1.807) is 12.2 Å². The molecule has 3 rings (SSSR count). The van der Waals surface area contributed by atoms with Gasteiger partial charge in [0.1, 0.15) is 0 Å². The second-order valence-electron chi connectivity index (χ2n) is 15.6.